The first-order valence-corrected chi connectivity index (χ1v) is 6.72. The van der Waals surface area contributed by atoms with Crippen molar-refractivity contribution in [2.24, 2.45) is 0 Å². The molecule has 1 saturated heterocycles. The molecular formula is C13H14ClF3N2O2. The van der Waals surface area contributed by atoms with Crippen molar-refractivity contribution in [1.82, 2.24) is 4.90 Å². The van der Waals surface area contributed by atoms with E-state index in [0.717, 1.165) is 5.69 Å². The average Bonchev–Trinajstić information content (AvgIpc) is 2.45. The van der Waals surface area contributed by atoms with Crippen molar-refractivity contribution in [3.8, 4) is 0 Å². The SMILES string of the molecule is O=C(OCC(F)(F)F)N1CCN(c2ccccc2Cl)CC1. The predicted octanol–water partition coefficient (Wildman–Crippen LogP) is 3.16. The molecule has 0 spiro atoms. The third kappa shape index (κ3) is 4.42. The first-order chi connectivity index (χ1) is 9.87. The number of carbonyl (C=O) groups excluding carboxylic acids is 1. The van der Waals surface area contributed by atoms with Crippen molar-refractivity contribution in [2.45, 2.75) is 6.18 Å². The maximum absolute atomic E-state index is 12.0. The Morgan fingerprint density at radius 3 is 2.38 bits per heavy atom. The smallest absolute Gasteiger partial charge is 0.422 e. The molecule has 0 N–H and O–H groups in total. The summed E-state index contributed by atoms with van der Waals surface area (Å²) in [6, 6.07) is 7.29. The van der Waals surface area contributed by atoms with E-state index in [1.165, 1.54) is 4.90 Å². The molecule has 0 saturated carbocycles. The van der Waals surface area contributed by atoms with E-state index in [1.54, 1.807) is 6.07 Å². The Balaban J connectivity index is 1.86. The molecule has 0 bridgehead atoms. The number of benzene rings is 1. The largest absolute Gasteiger partial charge is 0.440 e. The Bertz CT molecular complexity index is 502. The summed E-state index contributed by atoms with van der Waals surface area (Å²) in [7, 11) is 0. The minimum Gasteiger partial charge on any atom is -0.440 e. The fourth-order valence-electron chi connectivity index (χ4n) is 2.07. The Kier molecular flexibility index (Phi) is 4.82. The number of piperazine rings is 1. The van der Waals surface area contributed by atoms with Crippen molar-refractivity contribution in [2.75, 3.05) is 37.7 Å². The fraction of sp³-hybridized carbons (Fsp3) is 0.462. The molecule has 0 radical (unpaired) electrons. The molecule has 0 aliphatic carbocycles. The molecule has 1 aliphatic heterocycles. The first kappa shape index (κ1) is 15.8. The van der Waals surface area contributed by atoms with Gasteiger partial charge in [-0.1, -0.05) is 23.7 Å². The molecule has 1 fully saturated rings. The molecule has 8 heteroatoms. The van der Waals surface area contributed by atoms with Gasteiger partial charge in [0.15, 0.2) is 6.61 Å². The van der Waals surface area contributed by atoms with Crippen molar-refractivity contribution >= 4 is 23.4 Å². The van der Waals surface area contributed by atoms with Gasteiger partial charge in [0.05, 0.1) is 10.7 Å². The van der Waals surface area contributed by atoms with Gasteiger partial charge in [-0.25, -0.2) is 4.79 Å². The minimum absolute atomic E-state index is 0.294. The van der Waals surface area contributed by atoms with Crippen LogP contribution in [0.15, 0.2) is 24.3 Å². The molecule has 4 nitrogen and oxygen atoms in total. The number of anilines is 1. The molecule has 0 aromatic heterocycles. The Labute approximate surface area is 125 Å². The molecule has 1 aromatic carbocycles. The number of carbonyl (C=O) groups is 1. The van der Waals surface area contributed by atoms with Gasteiger partial charge in [0.1, 0.15) is 0 Å². The van der Waals surface area contributed by atoms with Crippen LogP contribution in [0.2, 0.25) is 5.02 Å². The maximum atomic E-state index is 12.0. The number of amides is 1. The molecular weight excluding hydrogens is 309 g/mol. The Hall–Kier alpha value is -1.63. The van der Waals surface area contributed by atoms with Crippen LogP contribution < -0.4 is 4.90 Å². The Morgan fingerprint density at radius 1 is 1.19 bits per heavy atom. The van der Waals surface area contributed by atoms with Crippen molar-refractivity contribution < 1.29 is 22.7 Å². The summed E-state index contributed by atoms with van der Waals surface area (Å²) in [5, 5.41) is 0.602. The molecule has 1 aromatic rings. The summed E-state index contributed by atoms with van der Waals surface area (Å²) in [4.78, 5) is 14.8. The van der Waals surface area contributed by atoms with Crippen LogP contribution in [0.25, 0.3) is 0 Å². The van der Waals surface area contributed by atoms with E-state index in [9.17, 15) is 18.0 Å². The lowest BCUT2D eigenvalue weighted by atomic mass is 10.2. The summed E-state index contributed by atoms with van der Waals surface area (Å²) in [6.07, 6.45) is -5.44. The van der Waals surface area contributed by atoms with E-state index < -0.39 is 18.9 Å². The first-order valence-electron chi connectivity index (χ1n) is 6.35. The third-order valence-corrected chi connectivity index (χ3v) is 3.41. The molecule has 0 atom stereocenters. The van der Waals surface area contributed by atoms with Crippen molar-refractivity contribution in [1.29, 1.82) is 0 Å². The molecule has 1 heterocycles. The van der Waals surface area contributed by atoms with E-state index in [1.807, 2.05) is 23.1 Å². The van der Waals surface area contributed by atoms with Crippen LogP contribution in [-0.4, -0.2) is 50.0 Å². The number of nitrogens with zero attached hydrogens (tertiary/aromatic N) is 2. The number of alkyl halides is 3. The molecule has 0 unspecified atom stereocenters. The highest BCUT2D eigenvalue weighted by Crippen LogP contribution is 2.26. The predicted molar refractivity (Wildman–Crippen MR) is 72.6 cm³/mol. The van der Waals surface area contributed by atoms with Crippen LogP contribution in [0.3, 0.4) is 0 Å². The quantitative estimate of drug-likeness (QED) is 0.838. The van der Waals surface area contributed by atoms with Crippen molar-refractivity contribution in [3.63, 3.8) is 0 Å². The highest BCUT2D eigenvalue weighted by atomic mass is 35.5. The number of hydrogen-bond donors (Lipinski definition) is 0. The maximum Gasteiger partial charge on any atom is 0.422 e. The van der Waals surface area contributed by atoms with Gasteiger partial charge in [0, 0.05) is 26.2 Å². The molecule has 1 aliphatic rings. The normalized spacial score (nSPS) is 16.0. The zero-order chi connectivity index (χ0) is 15.5. The molecule has 116 valence electrons. The highest BCUT2D eigenvalue weighted by molar-refractivity contribution is 6.33. The van der Waals surface area contributed by atoms with E-state index in [0.29, 0.717) is 31.2 Å². The lowest BCUT2D eigenvalue weighted by Crippen LogP contribution is -2.49. The number of hydrogen-bond acceptors (Lipinski definition) is 3. The summed E-state index contributed by atoms with van der Waals surface area (Å²) in [6.45, 7) is 0.0100. The van der Waals surface area contributed by atoms with Gasteiger partial charge in [-0.2, -0.15) is 13.2 Å². The van der Waals surface area contributed by atoms with Crippen LogP contribution >= 0.6 is 11.6 Å². The van der Waals surface area contributed by atoms with Gasteiger partial charge in [-0.05, 0) is 12.1 Å². The van der Waals surface area contributed by atoms with Crippen LogP contribution in [0, 0.1) is 0 Å². The zero-order valence-corrected chi connectivity index (χ0v) is 11.8. The van der Waals surface area contributed by atoms with Crippen LogP contribution in [0.1, 0.15) is 0 Å². The van der Waals surface area contributed by atoms with Gasteiger partial charge in [0.25, 0.3) is 0 Å². The standard InChI is InChI=1S/C13H14ClF3N2O2/c14-10-3-1-2-4-11(10)18-5-7-19(8-6-18)12(20)21-9-13(15,16)17/h1-4H,5-9H2. The van der Waals surface area contributed by atoms with E-state index in [2.05, 4.69) is 4.74 Å². The second-order valence-electron chi connectivity index (χ2n) is 4.60. The van der Waals surface area contributed by atoms with Crippen molar-refractivity contribution in [3.05, 3.63) is 29.3 Å². The van der Waals surface area contributed by atoms with Crippen LogP contribution in [0.4, 0.5) is 23.7 Å². The van der Waals surface area contributed by atoms with Gasteiger partial charge in [-0.3, -0.25) is 0 Å². The van der Waals surface area contributed by atoms with Gasteiger partial charge in [-0.15, -0.1) is 0 Å². The summed E-state index contributed by atoms with van der Waals surface area (Å²) < 4.78 is 40.2. The van der Waals surface area contributed by atoms with Crippen LogP contribution in [0.5, 0.6) is 0 Å². The number of rotatable bonds is 2. The second kappa shape index (κ2) is 6.43. The topological polar surface area (TPSA) is 32.8 Å². The van der Waals surface area contributed by atoms with Gasteiger partial charge >= 0.3 is 12.3 Å². The average molecular weight is 323 g/mol. The molecule has 21 heavy (non-hydrogen) atoms. The van der Waals surface area contributed by atoms with E-state index in [-0.39, 0.29) is 0 Å². The lowest BCUT2D eigenvalue weighted by molar-refractivity contribution is -0.162. The summed E-state index contributed by atoms with van der Waals surface area (Å²) in [5.74, 6) is 0. The zero-order valence-electron chi connectivity index (χ0n) is 11.1. The van der Waals surface area contributed by atoms with Crippen LogP contribution in [-0.2, 0) is 4.74 Å². The van der Waals surface area contributed by atoms with Gasteiger partial charge < -0.3 is 14.5 Å². The van der Waals surface area contributed by atoms with Gasteiger partial charge in [0.2, 0.25) is 0 Å². The monoisotopic (exact) mass is 322 g/mol. The van der Waals surface area contributed by atoms with E-state index in [4.69, 9.17) is 11.6 Å². The number of ether oxygens (including phenoxy) is 1. The highest BCUT2D eigenvalue weighted by Gasteiger charge is 2.31. The molecule has 1 amide bonds. The third-order valence-electron chi connectivity index (χ3n) is 3.09. The number of halogens is 4. The summed E-state index contributed by atoms with van der Waals surface area (Å²) in [5.41, 5.74) is 0.850. The lowest BCUT2D eigenvalue weighted by Gasteiger charge is -2.35. The Morgan fingerprint density at radius 2 is 1.81 bits per heavy atom. The van der Waals surface area contributed by atoms with E-state index >= 15 is 0 Å². The minimum atomic E-state index is -4.50. The summed E-state index contributed by atoms with van der Waals surface area (Å²) >= 11 is 6.08. The molecule has 2 rings (SSSR count). The number of para-hydroxylation sites is 1. The fourth-order valence-corrected chi connectivity index (χ4v) is 2.33. The second-order valence-corrected chi connectivity index (χ2v) is 5.00.